The van der Waals surface area contributed by atoms with Crippen LogP contribution in [-0.4, -0.2) is 21.0 Å². The molecule has 0 radical (unpaired) electrons. The first-order valence-corrected chi connectivity index (χ1v) is 6.74. The lowest BCUT2D eigenvalue weighted by molar-refractivity contribution is 0.0696. The minimum absolute atomic E-state index is 0.0422. The summed E-state index contributed by atoms with van der Waals surface area (Å²) in [6, 6.07) is 1.33. The summed E-state index contributed by atoms with van der Waals surface area (Å²) in [5, 5.41) is 13.2. The van der Waals surface area contributed by atoms with E-state index < -0.39 is 5.97 Å². The summed E-state index contributed by atoms with van der Waals surface area (Å²) < 4.78 is 0. The molecular formula is C12H12ClN3O2S. The van der Waals surface area contributed by atoms with Crippen molar-refractivity contribution in [2.45, 2.75) is 19.9 Å². The molecule has 100 valence electrons. The monoisotopic (exact) mass is 297 g/mol. The number of pyridine rings is 1. The normalized spacial score (nSPS) is 12.2. The smallest absolute Gasteiger partial charge is 0.337 e. The van der Waals surface area contributed by atoms with E-state index >= 15 is 0 Å². The Kier molecular flexibility index (Phi) is 4.01. The number of thiazole rings is 1. The fraction of sp³-hybridized carbons (Fsp3) is 0.250. The Morgan fingerprint density at radius 2 is 2.21 bits per heavy atom. The van der Waals surface area contributed by atoms with Crippen molar-refractivity contribution in [1.29, 1.82) is 0 Å². The minimum Gasteiger partial charge on any atom is -0.478 e. The first-order valence-electron chi connectivity index (χ1n) is 5.55. The van der Waals surface area contributed by atoms with Crippen LogP contribution in [0.1, 0.15) is 33.2 Å². The Hall–Kier alpha value is -1.66. The molecule has 2 aromatic rings. The van der Waals surface area contributed by atoms with Crippen LogP contribution in [0.3, 0.4) is 0 Å². The van der Waals surface area contributed by atoms with Crippen molar-refractivity contribution in [3.8, 4) is 0 Å². The zero-order chi connectivity index (χ0) is 14.0. The van der Waals surface area contributed by atoms with Crippen molar-refractivity contribution in [1.82, 2.24) is 9.97 Å². The lowest BCUT2D eigenvalue weighted by Gasteiger charge is -2.13. The van der Waals surface area contributed by atoms with E-state index in [1.807, 2.05) is 13.8 Å². The number of aromatic nitrogens is 2. The molecule has 0 spiro atoms. The first kappa shape index (κ1) is 13.8. The van der Waals surface area contributed by atoms with Gasteiger partial charge in [-0.2, -0.15) is 0 Å². The highest BCUT2D eigenvalue weighted by molar-refractivity contribution is 7.11. The van der Waals surface area contributed by atoms with Gasteiger partial charge in [-0.3, -0.25) is 0 Å². The number of nitrogens with zero attached hydrogens (tertiary/aromatic N) is 2. The van der Waals surface area contributed by atoms with E-state index in [4.69, 9.17) is 16.7 Å². The maximum Gasteiger partial charge on any atom is 0.337 e. The molecule has 0 saturated carbocycles. The third kappa shape index (κ3) is 3.21. The van der Waals surface area contributed by atoms with Crippen LogP contribution in [0.5, 0.6) is 0 Å². The number of hydrogen-bond acceptors (Lipinski definition) is 5. The maximum atomic E-state index is 10.8. The van der Waals surface area contributed by atoms with E-state index in [0.29, 0.717) is 5.82 Å². The highest BCUT2D eigenvalue weighted by atomic mass is 35.5. The van der Waals surface area contributed by atoms with Gasteiger partial charge in [-0.15, -0.1) is 11.3 Å². The van der Waals surface area contributed by atoms with Crippen molar-refractivity contribution in [3.05, 3.63) is 38.9 Å². The lowest BCUT2D eigenvalue weighted by Crippen LogP contribution is -2.09. The molecule has 7 heteroatoms. The van der Waals surface area contributed by atoms with E-state index in [-0.39, 0.29) is 16.6 Å². The summed E-state index contributed by atoms with van der Waals surface area (Å²) >= 11 is 7.60. The van der Waals surface area contributed by atoms with Gasteiger partial charge in [-0.1, -0.05) is 11.6 Å². The average Bonchev–Trinajstić information content (AvgIpc) is 2.78. The number of carbonyl (C=O) groups is 1. The standard InChI is InChI=1S/C12H12ClN3O2S/c1-6-4-15-11(19-6)7(2)16-10-9(13)3-8(5-14-10)12(17)18/h3-5,7H,1-2H3,(H,14,16)(H,17,18). The van der Waals surface area contributed by atoms with Crippen molar-refractivity contribution in [2.24, 2.45) is 0 Å². The maximum absolute atomic E-state index is 10.8. The van der Waals surface area contributed by atoms with Gasteiger partial charge in [0.1, 0.15) is 10.8 Å². The van der Waals surface area contributed by atoms with Crippen LogP contribution in [-0.2, 0) is 0 Å². The Bertz CT molecular complexity index is 615. The number of aromatic carboxylic acids is 1. The second-order valence-electron chi connectivity index (χ2n) is 4.03. The highest BCUT2D eigenvalue weighted by Gasteiger charge is 2.13. The second-order valence-corrected chi connectivity index (χ2v) is 5.71. The van der Waals surface area contributed by atoms with E-state index in [2.05, 4.69) is 15.3 Å². The molecule has 2 aromatic heterocycles. The highest BCUT2D eigenvalue weighted by Crippen LogP contribution is 2.26. The molecule has 0 aromatic carbocycles. The molecule has 1 atom stereocenters. The topological polar surface area (TPSA) is 75.1 Å². The van der Waals surface area contributed by atoms with Gasteiger partial charge in [0.25, 0.3) is 0 Å². The number of aryl methyl sites for hydroxylation is 1. The molecule has 0 aliphatic carbocycles. The summed E-state index contributed by atoms with van der Waals surface area (Å²) in [4.78, 5) is 20.2. The Balaban J connectivity index is 2.17. The molecule has 2 N–H and O–H groups in total. The summed E-state index contributed by atoms with van der Waals surface area (Å²) in [6.07, 6.45) is 3.08. The third-order valence-electron chi connectivity index (χ3n) is 2.45. The molecule has 0 bridgehead atoms. The van der Waals surface area contributed by atoms with Gasteiger partial charge in [-0.05, 0) is 19.9 Å². The van der Waals surface area contributed by atoms with Crippen molar-refractivity contribution in [3.63, 3.8) is 0 Å². The number of rotatable bonds is 4. The quantitative estimate of drug-likeness (QED) is 0.905. The molecule has 2 heterocycles. The molecular weight excluding hydrogens is 286 g/mol. The first-order chi connectivity index (χ1) is 8.97. The van der Waals surface area contributed by atoms with Crippen LogP contribution in [0, 0.1) is 6.92 Å². The number of anilines is 1. The van der Waals surface area contributed by atoms with E-state index in [1.54, 1.807) is 17.5 Å². The number of hydrogen-bond donors (Lipinski definition) is 2. The fourth-order valence-corrected chi connectivity index (χ4v) is 2.50. The van der Waals surface area contributed by atoms with Gasteiger partial charge in [0.15, 0.2) is 0 Å². The van der Waals surface area contributed by atoms with Crippen LogP contribution in [0.25, 0.3) is 0 Å². The summed E-state index contributed by atoms with van der Waals surface area (Å²) in [5.41, 5.74) is 0.0632. The zero-order valence-corrected chi connectivity index (χ0v) is 11.9. The molecule has 0 aliphatic heterocycles. The molecule has 19 heavy (non-hydrogen) atoms. The number of carboxylic acids is 1. The minimum atomic E-state index is -1.05. The van der Waals surface area contributed by atoms with Gasteiger partial charge >= 0.3 is 5.97 Å². The Morgan fingerprint density at radius 3 is 2.74 bits per heavy atom. The van der Waals surface area contributed by atoms with Crippen LogP contribution in [0.4, 0.5) is 5.82 Å². The predicted octanol–water partition coefficient (Wildman–Crippen LogP) is 3.37. The van der Waals surface area contributed by atoms with E-state index in [9.17, 15) is 4.79 Å². The van der Waals surface area contributed by atoms with Crippen LogP contribution in [0.15, 0.2) is 18.5 Å². The summed E-state index contributed by atoms with van der Waals surface area (Å²) in [7, 11) is 0. The van der Waals surface area contributed by atoms with Gasteiger partial charge in [0, 0.05) is 17.3 Å². The van der Waals surface area contributed by atoms with Gasteiger partial charge in [0.05, 0.1) is 16.6 Å². The van der Waals surface area contributed by atoms with E-state index in [0.717, 1.165) is 9.88 Å². The third-order valence-corrected chi connectivity index (χ3v) is 3.83. The summed E-state index contributed by atoms with van der Waals surface area (Å²) in [6.45, 7) is 3.93. The van der Waals surface area contributed by atoms with Crippen LogP contribution in [0.2, 0.25) is 5.02 Å². The van der Waals surface area contributed by atoms with Crippen molar-refractivity contribution < 1.29 is 9.90 Å². The van der Waals surface area contributed by atoms with Gasteiger partial charge in [-0.25, -0.2) is 14.8 Å². The van der Waals surface area contributed by atoms with Crippen LogP contribution >= 0.6 is 22.9 Å². The fourth-order valence-electron chi connectivity index (χ4n) is 1.50. The zero-order valence-electron chi connectivity index (χ0n) is 10.3. The number of nitrogens with one attached hydrogen (secondary N) is 1. The molecule has 5 nitrogen and oxygen atoms in total. The average molecular weight is 298 g/mol. The predicted molar refractivity (Wildman–Crippen MR) is 75.1 cm³/mol. The molecule has 1 unspecified atom stereocenters. The van der Waals surface area contributed by atoms with E-state index in [1.165, 1.54) is 12.3 Å². The molecule has 0 aliphatic rings. The summed E-state index contributed by atoms with van der Waals surface area (Å²) in [5.74, 6) is -0.600. The van der Waals surface area contributed by atoms with Crippen molar-refractivity contribution >= 4 is 34.7 Å². The SMILES string of the molecule is Cc1cnc(C(C)Nc2ncc(C(=O)O)cc2Cl)s1. The Morgan fingerprint density at radius 1 is 1.47 bits per heavy atom. The van der Waals surface area contributed by atoms with Crippen molar-refractivity contribution in [2.75, 3.05) is 5.32 Å². The number of halogens is 1. The second kappa shape index (κ2) is 5.54. The lowest BCUT2D eigenvalue weighted by atomic mass is 10.3. The molecule has 0 amide bonds. The molecule has 2 rings (SSSR count). The largest absolute Gasteiger partial charge is 0.478 e. The molecule has 0 fully saturated rings. The van der Waals surface area contributed by atoms with Crippen LogP contribution < -0.4 is 5.32 Å². The van der Waals surface area contributed by atoms with Gasteiger partial charge < -0.3 is 10.4 Å². The Labute approximate surface area is 119 Å². The van der Waals surface area contributed by atoms with Gasteiger partial charge in [0.2, 0.25) is 0 Å². The molecule has 0 saturated heterocycles. The number of carboxylic acid groups (broad SMARTS) is 1.